The van der Waals surface area contributed by atoms with E-state index in [4.69, 9.17) is 5.11 Å². The molecule has 1 aromatic carbocycles. The highest BCUT2D eigenvalue weighted by Gasteiger charge is 2.00. The molecule has 0 aromatic heterocycles. The Balaban J connectivity index is 3.07. The molecule has 0 saturated heterocycles. The van der Waals surface area contributed by atoms with Crippen LogP contribution < -0.4 is 0 Å². The molecular formula is C9H8O3. The minimum atomic E-state index is -0.212. The number of phenolic OH excluding ortho intramolecular Hbond substituents is 2. The van der Waals surface area contributed by atoms with E-state index in [9.17, 15) is 9.90 Å². The van der Waals surface area contributed by atoms with Crippen LogP contribution in [-0.4, -0.2) is 16.5 Å². The first-order chi connectivity index (χ1) is 5.75. The maximum absolute atomic E-state index is 9.94. The first-order valence-corrected chi connectivity index (χ1v) is 3.38. The van der Waals surface area contributed by atoms with Crippen molar-refractivity contribution in [3.8, 4) is 11.5 Å². The highest BCUT2D eigenvalue weighted by atomic mass is 16.3. The Labute approximate surface area is 69.6 Å². The molecule has 0 radical (unpaired) electrons. The lowest BCUT2D eigenvalue weighted by molar-refractivity contribution is -0.104. The zero-order chi connectivity index (χ0) is 8.97. The fourth-order valence-electron chi connectivity index (χ4n) is 0.826. The molecule has 62 valence electrons. The van der Waals surface area contributed by atoms with Crippen LogP contribution in [0.2, 0.25) is 0 Å². The summed E-state index contributed by atoms with van der Waals surface area (Å²) in [6.07, 6.45) is 3.26. The van der Waals surface area contributed by atoms with Gasteiger partial charge in [-0.2, -0.15) is 0 Å². The summed E-state index contributed by atoms with van der Waals surface area (Å²) in [6, 6.07) is 4.54. The summed E-state index contributed by atoms with van der Waals surface area (Å²) < 4.78 is 0. The van der Waals surface area contributed by atoms with Crippen molar-refractivity contribution in [2.75, 3.05) is 0 Å². The number of aromatic hydroxyl groups is 2. The third-order valence-corrected chi connectivity index (χ3v) is 1.40. The van der Waals surface area contributed by atoms with Crippen LogP contribution in [0.1, 0.15) is 5.56 Å². The minimum Gasteiger partial charge on any atom is -0.504 e. The lowest BCUT2D eigenvalue weighted by Gasteiger charge is -1.99. The van der Waals surface area contributed by atoms with E-state index in [2.05, 4.69) is 0 Å². The molecule has 3 heteroatoms. The van der Waals surface area contributed by atoms with Crippen LogP contribution in [-0.2, 0) is 4.79 Å². The van der Waals surface area contributed by atoms with Crippen molar-refractivity contribution in [3.05, 3.63) is 29.8 Å². The zero-order valence-corrected chi connectivity index (χ0v) is 6.27. The van der Waals surface area contributed by atoms with Crippen LogP contribution in [0, 0.1) is 0 Å². The van der Waals surface area contributed by atoms with Gasteiger partial charge < -0.3 is 10.2 Å². The van der Waals surface area contributed by atoms with Gasteiger partial charge in [0.25, 0.3) is 0 Å². The molecule has 0 aliphatic heterocycles. The maximum atomic E-state index is 9.94. The summed E-state index contributed by atoms with van der Waals surface area (Å²) in [6.45, 7) is 0. The molecule has 0 heterocycles. The smallest absolute Gasteiger partial charge is 0.164 e. The Kier molecular flexibility index (Phi) is 2.48. The molecule has 12 heavy (non-hydrogen) atoms. The average Bonchev–Trinajstić information content (AvgIpc) is 2.08. The van der Waals surface area contributed by atoms with E-state index in [-0.39, 0.29) is 11.5 Å². The highest BCUT2D eigenvalue weighted by molar-refractivity contribution is 5.76. The second-order valence-electron chi connectivity index (χ2n) is 2.21. The molecule has 0 fully saturated rings. The van der Waals surface area contributed by atoms with Crippen molar-refractivity contribution in [2.45, 2.75) is 0 Å². The molecule has 0 saturated carbocycles. The number of hydrogen-bond acceptors (Lipinski definition) is 3. The van der Waals surface area contributed by atoms with Crippen molar-refractivity contribution in [3.63, 3.8) is 0 Å². The number of carbonyl (C=O) groups excluding carboxylic acids is 1. The van der Waals surface area contributed by atoms with Crippen LogP contribution in [0.25, 0.3) is 6.08 Å². The lowest BCUT2D eigenvalue weighted by Crippen LogP contribution is -1.75. The molecular weight excluding hydrogens is 156 g/mol. The molecule has 0 bridgehead atoms. The number of phenols is 2. The molecule has 0 aliphatic rings. The Morgan fingerprint density at radius 3 is 2.67 bits per heavy atom. The van der Waals surface area contributed by atoms with Crippen LogP contribution in [0.5, 0.6) is 11.5 Å². The minimum absolute atomic E-state index is 0.192. The van der Waals surface area contributed by atoms with Crippen molar-refractivity contribution < 1.29 is 15.0 Å². The van der Waals surface area contributed by atoms with E-state index in [0.29, 0.717) is 11.8 Å². The number of aldehydes is 1. The number of hydrogen-bond donors (Lipinski definition) is 2. The van der Waals surface area contributed by atoms with Gasteiger partial charge in [0.05, 0.1) is 0 Å². The standard InChI is InChI=1S/C9H8O3/c10-6-2-4-7-3-1-5-8(11)9(7)12/h1-6,11-12H. The fraction of sp³-hybridized carbons (Fsp3) is 0. The van der Waals surface area contributed by atoms with Gasteiger partial charge in [0, 0.05) is 5.56 Å². The summed E-state index contributed by atoms with van der Waals surface area (Å²) in [5, 5.41) is 18.2. The van der Waals surface area contributed by atoms with Crippen molar-refractivity contribution in [2.24, 2.45) is 0 Å². The van der Waals surface area contributed by atoms with Gasteiger partial charge in [-0.25, -0.2) is 0 Å². The van der Waals surface area contributed by atoms with Crippen molar-refractivity contribution >= 4 is 12.4 Å². The Bertz CT molecular complexity index is 316. The number of rotatable bonds is 2. The fourth-order valence-corrected chi connectivity index (χ4v) is 0.826. The number of para-hydroxylation sites is 1. The third-order valence-electron chi connectivity index (χ3n) is 1.40. The van der Waals surface area contributed by atoms with Gasteiger partial charge in [0.15, 0.2) is 11.5 Å². The third kappa shape index (κ3) is 1.63. The molecule has 0 amide bonds. The second-order valence-corrected chi connectivity index (χ2v) is 2.21. The van der Waals surface area contributed by atoms with E-state index >= 15 is 0 Å². The molecule has 1 rings (SSSR count). The predicted molar refractivity (Wildman–Crippen MR) is 44.9 cm³/mol. The van der Waals surface area contributed by atoms with Gasteiger partial charge in [-0.3, -0.25) is 4.79 Å². The monoisotopic (exact) mass is 164 g/mol. The molecule has 0 atom stereocenters. The highest BCUT2D eigenvalue weighted by Crippen LogP contribution is 2.28. The van der Waals surface area contributed by atoms with Gasteiger partial charge in [0.2, 0.25) is 0 Å². The van der Waals surface area contributed by atoms with E-state index in [1.165, 1.54) is 18.2 Å². The molecule has 0 spiro atoms. The zero-order valence-electron chi connectivity index (χ0n) is 6.27. The van der Waals surface area contributed by atoms with Crippen molar-refractivity contribution in [1.29, 1.82) is 0 Å². The molecule has 2 N–H and O–H groups in total. The SMILES string of the molecule is O=CC=Cc1cccc(O)c1O. The van der Waals surface area contributed by atoms with Crippen LogP contribution in [0.3, 0.4) is 0 Å². The van der Waals surface area contributed by atoms with E-state index in [0.717, 1.165) is 0 Å². The first-order valence-electron chi connectivity index (χ1n) is 3.38. The quantitative estimate of drug-likeness (QED) is 0.393. The number of benzene rings is 1. The maximum Gasteiger partial charge on any atom is 0.164 e. The normalized spacial score (nSPS) is 10.3. The van der Waals surface area contributed by atoms with Crippen molar-refractivity contribution in [1.82, 2.24) is 0 Å². The van der Waals surface area contributed by atoms with Gasteiger partial charge in [-0.05, 0) is 18.2 Å². The van der Waals surface area contributed by atoms with Crippen LogP contribution in [0.15, 0.2) is 24.3 Å². The molecule has 3 nitrogen and oxygen atoms in total. The Hall–Kier alpha value is -1.77. The summed E-state index contributed by atoms with van der Waals surface area (Å²) in [7, 11) is 0. The first kappa shape index (κ1) is 8.33. The number of allylic oxidation sites excluding steroid dienone is 1. The topological polar surface area (TPSA) is 57.5 Å². The van der Waals surface area contributed by atoms with Gasteiger partial charge >= 0.3 is 0 Å². The molecule has 0 aliphatic carbocycles. The molecule has 0 unspecified atom stereocenters. The van der Waals surface area contributed by atoms with E-state index < -0.39 is 0 Å². The van der Waals surface area contributed by atoms with Crippen LogP contribution >= 0.6 is 0 Å². The summed E-state index contributed by atoms with van der Waals surface area (Å²) in [5.41, 5.74) is 0.419. The summed E-state index contributed by atoms with van der Waals surface area (Å²) >= 11 is 0. The summed E-state index contributed by atoms with van der Waals surface area (Å²) in [4.78, 5) is 9.94. The van der Waals surface area contributed by atoms with Gasteiger partial charge in [-0.15, -0.1) is 0 Å². The largest absolute Gasteiger partial charge is 0.504 e. The van der Waals surface area contributed by atoms with Crippen LogP contribution in [0.4, 0.5) is 0 Å². The summed E-state index contributed by atoms with van der Waals surface area (Å²) in [5.74, 6) is -0.404. The van der Waals surface area contributed by atoms with E-state index in [1.807, 2.05) is 0 Å². The van der Waals surface area contributed by atoms with Gasteiger partial charge in [-0.1, -0.05) is 12.1 Å². The van der Waals surface area contributed by atoms with E-state index in [1.54, 1.807) is 12.1 Å². The second kappa shape index (κ2) is 3.57. The lowest BCUT2D eigenvalue weighted by atomic mass is 10.2. The Morgan fingerprint density at radius 1 is 1.25 bits per heavy atom. The number of carbonyl (C=O) groups is 1. The average molecular weight is 164 g/mol. The Morgan fingerprint density at radius 2 is 2.00 bits per heavy atom. The van der Waals surface area contributed by atoms with Gasteiger partial charge in [0.1, 0.15) is 6.29 Å². The predicted octanol–water partition coefficient (Wildman–Crippen LogP) is 1.31. The molecule has 1 aromatic rings.